The molecule has 1 aromatic carbocycles. The van der Waals surface area contributed by atoms with Crippen LogP contribution in [0.4, 0.5) is 0 Å². The standard InChI is InChI=1S/C13H15Cl2OP/c1-8-6-7-10(14)11(12(8)15)13(16)17-9-4-2-3-5-9/h6-7,9,16H,2-5H2,1H3/p-1. The molecule has 17 heavy (non-hydrogen) atoms. The first-order valence-electron chi connectivity index (χ1n) is 5.79. The van der Waals surface area contributed by atoms with Crippen molar-refractivity contribution in [3.63, 3.8) is 0 Å². The average Bonchev–Trinajstić information content (AvgIpc) is 2.77. The predicted molar refractivity (Wildman–Crippen MR) is 74.5 cm³/mol. The van der Waals surface area contributed by atoms with Crippen molar-refractivity contribution in [3.8, 4) is 0 Å². The van der Waals surface area contributed by atoms with Crippen molar-refractivity contribution in [1.29, 1.82) is 0 Å². The van der Waals surface area contributed by atoms with E-state index in [1.807, 2.05) is 13.0 Å². The fourth-order valence-electron chi connectivity index (χ4n) is 2.12. The van der Waals surface area contributed by atoms with Gasteiger partial charge in [-0.1, -0.05) is 42.1 Å². The number of rotatable bonds is 2. The van der Waals surface area contributed by atoms with Gasteiger partial charge in [-0.3, -0.25) is 0 Å². The first-order chi connectivity index (χ1) is 8.09. The molecular weight excluding hydrogens is 274 g/mol. The molecule has 0 unspecified atom stereocenters. The Morgan fingerprint density at radius 3 is 2.59 bits per heavy atom. The summed E-state index contributed by atoms with van der Waals surface area (Å²) in [6.45, 7) is 1.89. The second-order valence-corrected chi connectivity index (χ2v) is 6.61. The van der Waals surface area contributed by atoms with E-state index in [1.165, 1.54) is 12.8 Å². The molecule has 4 heteroatoms. The van der Waals surface area contributed by atoms with Crippen LogP contribution in [0, 0.1) is 6.92 Å². The summed E-state index contributed by atoms with van der Waals surface area (Å²) in [5.41, 5.74) is 1.97. The van der Waals surface area contributed by atoms with E-state index in [2.05, 4.69) is 0 Å². The van der Waals surface area contributed by atoms with Crippen molar-refractivity contribution < 1.29 is 5.11 Å². The molecule has 0 atom stereocenters. The molecule has 1 fully saturated rings. The van der Waals surface area contributed by atoms with Gasteiger partial charge in [0, 0.05) is 10.6 Å². The number of aryl methyl sites for hydroxylation is 1. The maximum Gasteiger partial charge on any atom is 0.0515 e. The molecule has 1 aliphatic rings. The van der Waals surface area contributed by atoms with Crippen molar-refractivity contribution in [2.24, 2.45) is 0 Å². The first kappa shape index (κ1) is 13.4. The van der Waals surface area contributed by atoms with Gasteiger partial charge in [0.2, 0.25) is 0 Å². The summed E-state index contributed by atoms with van der Waals surface area (Å²) in [5.74, 6) is 0. The van der Waals surface area contributed by atoms with Crippen LogP contribution in [0.2, 0.25) is 10.0 Å². The molecule has 0 radical (unpaired) electrons. The van der Waals surface area contributed by atoms with Crippen LogP contribution in [0.25, 0.3) is 0 Å². The van der Waals surface area contributed by atoms with E-state index in [1.54, 1.807) is 6.07 Å². The Bertz CT molecular complexity index is 451. The molecule has 0 amide bonds. The first-order valence-corrected chi connectivity index (χ1v) is 7.51. The van der Waals surface area contributed by atoms with Gasteiger partial charge in [-0.25, -0.2) is 0 Å². The predicted octanol–water partition coefficient (Wildman–Crippen LogP) is 4.03. The van der Waals surface area contributed by atoms with Gasteiger partial charge in [0.05, 0.1) is 5.02 Å². The van der Waals surface area contributed by atoms with Crippen LogP contribution in [0.5, 0.6) is 0 Å². The van der Waals surface area contributed by atoms with Crippen molar-refractivity contribution in [2.45, 2.75) is 38.3 Å². The molecule has 1 saturated carbocycles. The highest BCUT2D eigenvalue weighted by atomic mass is 35.5. The monoisotopic (exact) mass is 287 g/mol. The van der Waals surface area contributed by atoms with E-state index in [9.17, 15) is 5.11 Å². The van der Waals surface area contributed by atoms with E-state index >= 15 is 0 Å². The molecule has 1 aliphatic carbocycles. The lowest BCUT2D eigenvalue weighted by Gasteiger charge is -2.18. The maximum absolute atomic E-state index is 12.2. The molecule has 0 bridgehead atoms. The van der Waals surface area contributed by atoms with Crippen LogP contribution in [-0.4, -0.2) is 11.1 Å². The molecule has 0 spiro atoms. The summed E-state index contributed by atoms with van der Waals surface area (Å²) in [7, 11) is 0.854. The number of hydrogen-bond acceptors (Lipinski definition) is 1. The van der Waals surface area contributed by atoms with Crippen LogP contribution in [0.3, 0.4) is 0 Å². The lowest BCUT2D eigenvalue weighted by atomic mass is 10.1. The highest BCUT2D eigenvalue weighted by Gasteiger charge is 2.14. The van der Waals surface area contributed by atoms with Crippen molar-refractivity contribution >= 4 is 36.9 Å². The smallest absolute Gasteiger partial charge is 0.0515 e. The normalized spacial score (nSPS) is 17.8. The summed E-state index contributed by atoms with van der Waals surface area (Å²) < 4.78 is 0. The van der Waals surface area contributed by atoms with Crippen molar-refractivity contribution in [2.75, 3.05) is 0 Å². The molecule has 0 saturated heterocycles. The molecule has 0 aliphatic heterocycles. The Labute approximate surface area is 114 Å². The van der Waals surface area contributed by atoms with Crippen LogP contribution >= 0.6 is 31.4 Å². The molecule has 2 rings (SSSR count). The second-order valence-electron chi connectivity index (χ2n) is 4.43. The minimum atomic E-state index is 0.0654. The molecule has 0 aromatic heterocycles. The highest BCUT2D eigenvalue weighted by molar-refractivity contribution is 7.41. The van der Waals surface area contributed by atoms with Crippen LogP contribution < -0.4 is 5.11 Å². The SMILES string of the molecule is Cc1ccc(Cl)c(C([O-])=PC2CCCC2)c1Cl. The molecule has 1 nitrogen and oxygen atoms in total. The molecule has 92 valence electrons. The Hall–Kier alpha value is -0.0700. The quantitative estimate of drug-likeness (QED) is 0.753. The Kier molecular flexibility index (Phi) is 4.49. The van der Waals surface area contributed by atoms with Gasteiger partial charge in [0.25, 0.3) is 0 Å². The number of benzene rings is 1. The van der Waals surface area contributed by atoms with Gasteiger partial charge in [0.1, 0.15) is 0 Å². The van der Waals surface area contributed by atoms with E-state index < -0.39 is 0 Å². The van der Waals surface area contributed by atoms with Crippen molar-refractivity contribution in [3.05, 3.63) is 33.3 Å². The summed E-state index contributed by atoms with van der Waals surface area (Å²) in [4.78, 5) is 0. The fourth-order valence-corrected chi connectivity index (χ4v) is 4.11. The summed E-state index contributed by atoms with van der Waals surface area (Å²) in [5, 5.41) is 13.2. The zero-order valence-corrected chi connectivity index (χ0v) is 12.1. The van der Waals surface area contributed by atoms with Gasteiger partial charge in [0.15, 0.2) is 0 Å². The van der Waals surface area contributed by atoms with E-state index in [0.717, 1.165) is 26.6 Å². The van der Waals surface area contributed by atoms with Gasteiger partial charge in [-0.2, -0.15) is 0 Å². The van der Waals surface area contributed by atoms with Gasteiger partial charge >= 0.3 is 0 Å². The van der Waals surface area contributed by atoms with Crippen LogP contribution in [0.15, 0.2) is 12.1 Å². The minimum absolute atomic E-state index is 0.0654. The number of hydrogen-bond donors (Lipinski definition) is 0. The Morgan fingerprint density at radius 2 is 1.94 bits per heavy atom. The van der Waals surface area contributed by atoms with Gasteiger partial charge in [-0.15, -0.1) is 13.7 Å². The van der Waals surface area contributed by atoms with Crippen LogP contribution in [0.1, 0.15) is 36.8 Å². The molecule has 1 aromatic rings. The maximum atomic E-state index is 12.2. The third-order valence-corrected chi connectivity index (χ3v) is 5.26. The zero-order valence-electron chi connectivity index (χ0n) is 9.67. The van der Waals surface area contributed by atoms with Crippen LogP contribution in [-0.2, 0) is 0 Å². The second kappa shape index (κ2) is 5.71. The molecular formula is C13H14Cl2OP-. The summed E-state index contributed by atoms with van der Waals surface area (Å²) in [6.07, 6.45) is 4.77. The van der Waals surface area contributed by atoms with E-state index in [0.29, 0.717) is 21.3 Å². The Balaban J connectivity index is 2.35. The van der Waals surface area contributed by atoms with Crippen molar-refractivity contribution in [1.82, 2.24) is 0 Å². The fraction of sp³-hybridized carbons (Fsp3) is 0.462. The van der Waals surface area contributed by atoms with Gasteiger partial charge < -0.3 is 5.11 Å². The van der Waals surface area contributed by atoms with Gasteiger partial charge in [-0.05, 0) is 37.1 Å². The molecule has 0 N–H and O–H groups in total. The lowest BCUT2D eigenvalue weighted by Crippen LogP contribution is -2.19. The van der Waals surface area contributed by atoms with E-state index in [4.69, 9.17) is 23.2 Å². The minimum Gasteiger partial charge on any atom is -0.823 e. The Morgan fingerprint density at radius 1 is 1.29 bits per heavy atom. The summed E-state index contributed by atoms with van der Waals surface area (Å²) in [6, 6.07) is 3.59. The third-order valence-electron chi connectivity index (χ3n) is 3.12. The van der Waals surface area contributed by atoms with E-state index in [-0.39, 0.29) is 5.48 Å². The third kappa shape index (κ3) is 3.03. The molecule has 0 heterocycles. The number of halogens is 2. The average molecular weight is 288 g/mol. The summed E-state index contributed by atoms with van der Waals surface area (Å²) >= 11 is 12.2. The zero-order chi connectivity index (χ0) is 12.4. The topological polar surface area (TPSA) is 23.1 Å². The highest BCUT2D eigenvalue weighted by Crippen LogP contribution is 2.33. The lowest BCUT2D eigenvalue weighted by molar-refractivity contribution is -0.207. The largest absolute Gasteiger partial charge is 0.823 e.